The number of hydrogen-bond donors (Lipinski definition) is 0. The molecule has 32 heavy (non-hydrogen) atoms. The molecule has 0 amide bonds. The smallest absolute Gasteiger partial charge is 0.338 e. The average Bonchev–Trinajstić information content (AvgIpc) is 3.12. The third kappa shape index (κ3) is 5.46. The fraction of sp³-hybridized carbons (Fsp3) is 0.391. The van der Waals surface area contributed by atoms with Crippen LogP contribution in [-0.4, -0.2) is 58.4 Å². The van der Waals surface area contributed by atoms with Crippen LogP contribution in [0.1, 0.15) is 46.4 Å². The van der Waals surface area contributed by atoms with Gasteiger partial charge < -0.3 is 14.2 Å². The Morgan fingerprint density at radius 2 is 1.56 bits per heavy atom. The Kier molecular flexibility index (Phi) is 7.87. The van der Waals surface area contributed by atoms with E-state index >= 15 is 0 Å². The van der Waals surface area contributed by atoms with Crippen LogP contribution in [0.2, 0.25) is 0 Å². The molecule has 172 valence electrons. The van der Waals surface area contributed by atoms with Crippen LogP contribution in [0.4, 0.5) is 0 Å². The number of ether oxygens (including phenoxy) is 3. The van der Waals surface area contributed by atoms with Crippen LogP contribution in [-0.2, 0) is 14.8 Å². The van der Waals surface area contributed by atoms with Crippen molar-refractivity contribution in [2.75, 3.05) is 33.9 Å². The molecule has 1 saturated heterocycles. The highest BCUT2D eigenvalue weighted by atomic mass is 32.2. The number of Topliss-reactive ketones (excluding diaryl/α,β-unsaturated/α-hetero) is 1. The van der Waals surface area contributed by atoms with Crippen molar-refractivity contribution in [3.05, 3.63) is 53.6 Å². The van der Waals surface area contributed by atoms with Crippen molar-refractivity contribution < 1.29 is 32.2 Å². The van der Waals surface area contributed by atoms with Crippen LogP contribution in [0.25, 0.3) is 0 Å². The summed E-state index contributed by atoms with van der Waals surface area (Å²) in [6.45, 7) is 0.449. The number of nitrogens with zero attached hydrogens (tertiary/aromatic N) is 1. The van der Waals surface area contributed by atoms with Gasteiger partial charge in [-0.1, -0.05) is 18.9 Å². The highest BCUT2D eigenvalue weighted by molar-refractivity contribution is 7.89. The highest BCUT2D eigenvalue weighted by Gasteiger charge is 2.26. The van der Waals surface area contributed by atoms with Gasteiger partial charge in [-0.15, -0.1) is 0 Å². The van der Waals surface area contributed by atoms with Gasteiger partial charge >= 0.3 is 5.97 Å². The molecule has 9 heteroatoms. The molecular weight excluding hydrogens is 434 g/mol. The fourth-order valence-electron chi connectivity index (χ4n) is 3.52. The first-order valence-electron chi connectivity index (χ1n) is 10.4. The lowest BCUT2D eigenvalue weighted by atomic mass is 10.1. The minimum Gasteiger partial charge on any atom is -0.493 e. The molecular formula is C23H27NO7S. The molecule has 2 aromatic rings. The van der Waals surface area contributed by atoms with Gasteiger partial charge in [-0.25, -0.2) is 13.2 Å². The monoisotopic (exact) mass is 461 g/mol. The van der Waals surface area contributed by atoms with Crippen LogP contribution in [0.3, 0.4) is 0 Å². The Labute approximate surface area is 188 Å². The molecule has 8 nitrogen and oxygen atoms in total. The molecule has 1 aliphatic rings. The summed E-state index contributed by atoms with van der Waals surface area (Å²) in [5.41, 5.74) is 0.369. The zero-order chi connectivity index (χ0) is 23.1. The van der Waals surface area contributed by atoms with E-state index in [1.165, 1.54) is 48.9 Å². The van der Waals surface area contributed by atoms with Gasteiger partial charge in [0, 0.05) is 18.7 Å². The largest absolute Gasteiger partial charge is 0.493 e. The van der Waals surface area contributed by atoms with Crippen LogP contribution in [0, 0.1) is 0 Å². The highest BCUT2D eigenvalue weighted by Crippen LogP contribution is 2.28. The van der Waals surface area contributed by atoms with Crippen molar-refractivity contribution in [3.63, 3.8) is 0 Å². The van der Waals surface area contributed by atoms with Crippen LogP contribution < -0.4 is 9.47 Å². The first kappa shape index (κ1) is 23.7. The third-order valence-electron chi connectivity index (χ3n) is 5.31. The van der Waals surface area contributed by atoms with E-state index in [1.807, 2.05) is 0 Å². The molecule has 3 rings (SSSR count). The van der Waals surface area contributed by atoms with E-state index in [9.17, 15) is 18.0 Å². The van der Waals surface area contributed by atoms with Crippen molar-refractivity contribution in [2.24, 2.45) is 0 Å². The average molecular weight is 462 g/mol. The van der Waals surface area contributed by atoms with Gasteiger partial charge in [0.2, 0.25) is 10.0 Å². The molecule has 0 bridgehead atoms. The third-order valence-corrected chi connectivity index (χ3v) is 7.21. The van der Waals surface area contributed by atoms with Crippen molar-refractivity contribution >= 4 is 21.8 Å². The lowest BCUT2D eigenvalue weighted by Crippen LogP contribution is -2.32. The van der Waals surface area contributed by atoms with Crippen LogP contribution >= 0.6 is 0 Å². The zero-order valence-corrected chi connectivity index (χ0v) is 19.0. The van der Waals surface area contributed by atoms with Crippen molar-refractivity contribution in [1.29, 1.82) is 0 Å². The lowest BCUT2D eigenvalue weighted by molar-refractivity contribution is 0.0474. The quantitative estimate of drug-likeness (QED) is 0.439. The molecule has 0 spiro atoms. The van der Waals surface area contributed by atoms with E-state index in [2.05, 4.69) is 0 Å². The van der Waals surface area contributed by atoms with Gasteiger partial charge in [-0.3, -0.25) is 4.79 Å². The first-order chi connectivity index (χ1) is 15.4. The summed E-state index contributed by atoms with van der Waals surface area (Å²) in [5, 5.41) is 0. The molecule has 1 fully saturated rings. The number of methoxy groups -OCH3 is 2. The van der Waals surface area contributed by atoms with Gasteiger partial charge in [-0.05, 0) is 49.2 Å². The molecule has 0 radical (unpaired) electrons. The van der Waals surface area contributed by atoms with E-state index < -0.39 is 28.4 Å². The molecule has 1 aliphatic heterocycles. The summed E-state index contributed by atoms with van der Waals surface area (Å²) >= 11 is 0. The Hall–Kier alpha value is -2.91. The fourth-order valence-corrected chi connectivity index (χ4v) is 5.09. The number of carbonyl (C=O) groups is 2. The lowest BCUT2D eigenvalue weighted by Gasteiger charge is -2.20. The molecule has 0 N–H and O–H groups in total. The SMILES string of the molecule is COc1ccc(C(=O)COC(=O)c2cccc(S(=O)(=O)N3CCCCCC3)c2)cc1OC. The summed E-state index contributed by atoms with van der Waals surface area (Å²) in [6, 6.07) is 10.4. The van der Waals surface area contributed by atoms with E-state index in [-0.39, 0.29) is 10.5 Å². The second kappa shape index (κ2) is 10.6. The van der Waals surface area contributed by atoms with E-state index in [0.717, 1.165) is 25.7 Å². The van der Waals surface area contributed by atoms with Crippen LogP contribution in [0.15, 0.2) is 47.4 Å². The maximum atomic E-state index is 13.0. The Balaban J connectivity index is 1.69. The van der Waals surface area contributed by atoms with Crippen molar-refractivity contribution in [1.82, 2.24) is 4.31 Å². The number of carbonyl (C=O) groups excluding carboxylic acids is 2. The first-order valence-corrected chi connectivity index (χ1v) is 11.8. The second-order valence-electron chi connectivity index (χ2n) is 7.42. The second-order valence-corrected chi connectivity index (χ2v) is 9.35. The van der Waals surface area contributed by atoms with E-state index in [0.29, 0.717) is 30.2 Å². The maximum absolute atomic E-state index is 13.0. The number of rotatable bonds is 8. The van der Waals surface area contributed by atoms with Gasteiger partial charge in [0.05, 0.1) is 24.7 Å². The van der Waals surface area contributed by atoms with Gasteiger partial charge in [0.25, 0.3) is 0 Å². The number of ketones is 1. The predicted molar refractivity (Wildman–Crippen MR) is 118 cm³/mol. The Morgan fingerprint density at radius 1 is 0.875 bits per heavy atom. The predicted octanol–water partition coefficient (Wildman–Crippen LogP) is 3.31. The maximum Gasteiger partial charge on any atom is 0.338 e. The molecule has 1 heterocycles. The zero-order valence-electron chi connectivity index (χ0n) is 18.2. The standard InChI is InChI=1S/C23H27NO7S/c1-29-21-11-10-17(15-22(21)30-2)20(25)16-31-23(26)18-8-7-9-19(14-18)32(27,28)24-12-5-3-4-6-13-24/h7-11,14-15H,3-6,12-13,16H2,1-2H3. The molecule has 0 atom stereocenters. The van der Waals surface area contributed by atoms with Crippen molar-refractivity contribution in [2.45, 2.75) is 30.6 Å². The molecule has 0 unspecified atom stereocenters. The summed E-state index contributed by atoms with van der Waals surface area (Å²) in [4.78, 5) is 25.0. The summed E-state index contributed by atoms with van der Waals surface area (Å²) in [5.74, 6) is -0.334. The van der Waals surface area contributed by atoms with Crippen LogP contribution in [0.5, 0.6) is 11.5 Å². The van der Waals surface area contributed by atoms with Crippen molar-refractivity contribution in [3.8, 4) is 11.5 Å². The number of esters is 1. The normalized spacial score (nSPS) is 14.9. The van der Waals surface area contributed by atoms with E-state index in [1.54, 1.807) is 12.1 Å². The molecule has 0 saturated carbocycles. The summed E-state index contributed by atoms with van der Waals surface area (Å²) < 4.78 is 42.9. The molecule has 2 aromatic carbocycles. The number of hydrogen-bond acceptors (Lipinski definition) is 7. The number of sulfonamides is 1. The van der Waals surface area contributed by atoms with Gasteiger partial charge in [-0.2, -0.15) is 4.31 Å². The minimum atomic E-state index is -3.70. The number of benzene rings is 2. The molecule has 0 aliphatic carbocycles. The molecule has 0 aromatic heterocycles. The Morgan fingerprint density at radius 3 is 2.22 bits per heavy atom. The summed E-state index contributed by atoms with van der Waals surface area (Å²) in [7, 11) is -0.752. The minimum absolute atomic E-state index is 0.0417. The van der Waals surface area contributed by atoms with Gasteiger partial charge in [0.15, 0.2) is 23.9 Å². The van der Waals surface area contributed by atoms with Gasteiger partial charge in [0.1, 0.15) is 0 Å². The van der Waals surface area contributed by atoms with E-state index in [4.69, 9.17) is 14.2 Å². The topological polar surface area (TPSA) is 99.2 Å². The summed E-state index contributed by atoms with van der Waals surface area (Å²) in [6.07, 6.45) is 3.65. The Bertz CT molecular complexity index is 1070.